The van der Waals surface area contributed by atoms with Crippen LogP contribution in [0.4, 0.5) is 5.82 Å². The monoisotopic (exact) mass is 472 g/mol. The van der Waals surface area contributed by atoms with Crippen LogP contribution < -0.4 is 15.4 Å². The van der Waals surface area contributed by atoms with E-state index in [-0.39, 0.29) is 29.8 Å². The molecule has 3 aromatic heterocycles. The molecule has 180 valence electrons. The molecule has 0 spiro atoms. The average molecular weight is 473 g/mol. The number of aromatic nitrogens is 4. The summed E-state index contributed by atoms with van der Waals surface area (Å²) in [6.07, 6.45) is 10.9. The first kappa shape index (κ1) is 22.7. The number of aliphatic imine (C=N–C) groups is 1. The zero-order chi connectivity index (χ0) is 24.5. The first-order valence-corrected chi connectivity index (χ1v) is 11.7. The summed E-state index contributed by atoms with van der Waals surface area (Å²) in [5, 5.41) is 12.3. The highest BCUT2D eigenvalue weighted by Crippen LogP contribution is 2.39. The molecule has 10 heteroatoms. The lowest BCUT2D eigenvalue weighted by molar-refractivity contribution is 0.100. The first-order chi connectivity index (χ1) is 17.0. The van der Waals surface area contributed by atoms with Gasteiger partial charge >= 0.3 is 0 Å². The van der Waals surface area contributed by atoms with Gasteiger partial charge in [0.1, 0.15) is 17.2 Å². The number of amides is 1. The molecule has 2 fully saturated rings. The molecule has 1 amide bonds. The maximum absolute atomic E-state index is 12.9. The van der Waals surface area contributed by atoms with Crippen molar-refractivity contribution in [1.82, 2.24) is 19.6 Å². The minimum Gasteiger partial charge on any atom is -0.481 e. The van der Waals surface area contributed by atoms with E-state index >= 15 is 0 Å². The molecule has 1 aliphatic carbocycles. The SMILES string of the molecule is C=Cc1cnc(OC)c(C2CCCN2c2ccn3ncc(C(=O)N=C(N)CC(=N)C4CC4)c3n2)c1. The van der Waals surface area contributed by atoms with Crippen molar-refractivity contribution < 1.29 is 9.53 Å². The summed E-state index contributed by atoms with van der Waals surface area (Å²) in [6.45, 7) is 4.66. The molecule has 1 saturated carbocycles. The van der Waals surface area contributed by atoms with E-state index in [4.69, 9.17) is 20.9 Å². The van der Waals surface area contributed by atoms with E-state index in [0.717, 1.165) is 49.2 Å². The van der Waals surface area contributed by atoms with Crippen molar-refractivity contribution in [2.45, 2.75) is 38.1 Å². The van der Waals surface area contributed by atoms with Gasteiger partial charge in [0.05, 0.1) is 19.3 Å². The van der Waals surface area contributed by atoms with Crippen LogP contribution >= 0.6 is 0 Å². The van der Waals surface area contributed by atoms with Crippen LogP contribution in [0.3, 0.4) is 0 Å². The molecule has 1 aliphatic heterocycles. The molecule has 4 heterocycles. The van der Waals surface area contributed by atoms with Gasteiger partial charge in [0, 0.05) is 36.6 Å². The Balaban J connectivity index is 1.45. The van der Waals surface area contributed by atoms with Gasteiger partial charge < -0.3 is 20.8 Å². The highest BCUT2D eigenvalue weighted by atomic mass is 16.5. The number of methoxy groups -OCH3 is 1. The zero-order valence-electron chi connectivity index (χ0n) is 19.6. The highest BCUT2D eigenvalue weighted by Gasteiger charge is 2.31. The predicted octanol–water partition coefficient (Wildman–Crippen LogP) is 3.43. The summed E-state index contributed by atoms with van der Waals surface area (Å²) in [4.78, 5) is 28.3. The predicted molar refractivity (Wildman–Crippen MR) is 134 cm³/mol. The molecular weight excluding hydrogens is 444 g/mol. The van der Waals surface area contributed by atoms with Gasteiger partial charge in [0.25, 0.3) is 5.91 Å². The number of hydrogen-bond acceptors (Lipinski definition) is 7. The molecule has 1 saturated heterocycles. The lowest BCUT2D eigenvalue weighted by atomic mass is 10.0. The second-order valence-electron chi connectivity index (χ2n) is 8.92. The maximum Gasteiger partial charge on any atom is 0.284 e. The van der Waals surface area contributed by atoms with Crippen molar-refractivity contribution in [3.63, 3.8) is 0 Å². The van der Waals surface area contributed by atoms with Gasteiger partial charge in [-0.25, -0.2) is 14.5 Å². The van der Waals surface area contributed by atoms with Gasteiger partial charge in [-0.3, -0.25) is 4.79 Å². The summed E-state index contributed by atoms with van der Waals surface area (Å²) >= 11 is 0. The normalized spacial score (nSPS) is 18.1. The van der Waals surface area contributed by atoms with Crippen molar-refractivity contribution in [2.75, 3.05) is 18.6 Å². The summed E-state index contributed by atoms with van der Waals surface area (Å²) in [5.74, 6) is 1.23. The van der Waals surface area contributed by atoms with Gasteiger partial charge in [-0.2, -0.15) is 10.1 Å². The molecule has 0 aromatic carbocycles. The van der Waals surface area contributed by atoms with E-state index in [1.165, 1.54) is 6.20 Å². The average Bonchev–Trinajstić information content (AvgIpc) is 3.45. The summed E-state index contributed by atoms with van der Waals surface area (Å²) in [6, 6.07) is 3.96. The van der Waals surface area contributed by atoms with E-state index in [1.807, 2.05) is 12.1 Å². The van der Waals surface area contributed by atoms with E-state index in [0.29, 0.717) is 17.2 Å². The highest BCUT2D eigenvalue weighted by molar-refractivity contribution is 6.11. The van der Waals surface area contributed by atoms with E-state index < -0.39 is 5.91 Å². The topological polar surface area (TPSA) is 135 Å². The number of anilines is 1. The number of nitrogens with zero attached hydrogens (tertiary/aromatic N) is 6. The lowest BCUT2D eigenvalue weighted by Gasteiger charge is -2.27. The van der Waals surface area contributed by atoms with Gasteiger partial charge in [0.15, 0.2) is 5.65 Å². The number of ether oxygens (including phenoxy) is 1. The molecule has 2 aliphatic rings. The second kappa shape index (κ2) is 9.28. The van der Waals surface area contributed by atoms with Crippen LogP contribution in [0.15, 0.2) is 42.3 Å². The number of fused-ring (bicyclic) bond motifs is 1. The van der Waals surface area contributed by atoms with Crippen LogP contribution in [0.1, 0.15) is 59.6 Å². The van der Waals surface area contributed by atoms with Crippen LogP contribution in [0.2, 0.25) is 0 Å². The van der Waals surface area contributed by atoms with Crippen LogP contribution in [0.5, 0.6) is 5.88 Å². The van der Waals surface area contributed by atoms with Crippen molar-refractivity contribution in [3.05, 3.63) is 54.0 Å². The summed E-state index contributed by atoms with van der Waals surface area (Å²) in [7, 11) is 1.62. The van der Waals surface area contributed by atoms with Crippen molar-refractivity contribution in [2.24, 2.45) is 16.6 Å². The standard InChI is InChI=1S/C25H28N8O2/c1-3-15-11-17(25(35-2)28-13-15)20-5-4-9-32(20)22-8-10-33-23(31-22)18(14-29-33)24(34)30-21(27)12-19(26)16-6-7-16/h3,8,10-11,13-14,16,20,26H,1,4-7,9,12H2,2H3,(H2,27,30,34). The molecule has 1 unspecified atom stereocenters. The van der Waals surface area contributed by atoms with E-state index in [1.54, 1.807) is 30.1 Å². The fourth-order valence-corrected chi connectivity index (χ4v) is 4.54. The molecule has 10 nitrogen and oxygen atoms in total. The van der Waals surface area contributed by atoms with E-state index in [9.17, 15) is 4.79 Å². The third-order valence-electron chi connectivity index (χ3n) is 6.51. The fourth-order valence-electron chi connectivity index (χ4n) is 4.54. The smallest absolute Gasteiger partial charge is 0.284 e. The number of carbonyl (C=O) groups excluding carboxylic acids is 1. The Morgan fingerprint density at radius 1 is 1.37 bits per heavy atom. The number of nitrogens with two attached hydrogens (primary N) is 1. The molecule has 3 aromatic rings. The maximum atomic E-state index is 12.9. The Morgan fingerprint density at radius 3 is 2.94 bits per heavy atom. The first-order valence-electron chi connectivity index (χ1n) is 11.7. The third-order valence-corrected chi connectivity index (χ3v) is 6.51. The Labute approximate surface area is 203 Å². The lowest BCUT2D eigenvalue weighted by Crippen LogP contribution is -2.24. The molecule has 0 radical (unpaired) electrons. The molecule has 3 N–H and O–H groups in total. The molecule has 1 atom stereocenters. The number of pyridine rings is 1. The Kier molecular flexibility index (Phi) is 6.02. The van der Waals surface area contributed by atoms with Crippen LogP contribution in [-0.2, 0) is 0 Å². The number of hydrogen-bond donors (Lipinski definition) is 2. The number of rotatable bonds is 8. The van der Waals surface area contributed by atoms with Gasteiger partial charge in [-0.1, -0.05) is 12.7 Å². The molecule has 5 rings (SSSR count). The number of nitrogens with one attached hydrogen (secondary N) is 1. The molecular formula is C25H28N8O2. The van der Waals surface area contributed by atoms with Crippen LogP contribution in [0.25, 0.3) is 11.7 Å². The van der Waals surface area contributed by atoms with E-state index in [2.05, 4.69) is 26.6 Å². The third kappa shape index (κ3) is 4.51. The molecule has 35 heavy (non-hydrogen) atoms. The van der Waals surface area contributed by atoms with Crippen molar-refractivity contribution in [1.29, 1.82) is 5.41 Å². The van der Waals surface area contributed by atoms with Crippen molar-refractivity contribution in [3.8, 4) is 5.88 Å². The van der Waals surface area contributed by atoms with Gasteiger partial charge in [-0.05, 0) is 49.3 Å². The Morgan fingerprint density at radius 2 is 2.20 bits per heavy atom. The fraction of sp³-hybridized carbons (Fsp3) is 0.360. The number of amidine groups is 1. The van der Waals surface area contributed by atoms with Crippen molar-refractivity contribution >= 4 is 35.0 Å². The number of carbonyl (C=O) groups is 1. The molecule has 0 bridgehead atoms. The minimum atomic E-state index is -0.506. The second-order valence-corrected chi connectivity index (χ2v) is 8.92. The Bertz CT molecular complexity index is 1340. The zero-order valence-corrected chi connectivity index (χ0v) is 19.6. The largest absolute Gasteiger partial charge is 0.481 e. The van der Waals surface area contributed by atoms with Gasteiger partial charge in [0.2, 0.25) is 5.88 Å². The minimum absolute atomic E-state index is 0.0245. The summed E-state index contributed by atoms with van der Waals surface area (Å²) in [5.41, 5.74) is 9.08. The van der Waals surface area contributed by atoms with Crippen LogP contribution in [0, 0.1) is 11.3 Å². The quantitative estimate of drug-likeness (QED) is 0.379. The summed E-state index contributed by atoms with van der Waals surface area (Å²) < 4.78 is 7.10. The van der Waals surface area contributed by atoms with Crippen LogP contribution in [-0.4, -0.2) is 50.7 Å². The Hall–Kier alpha value is -4.08. The van der Waals surface area contributed by atoms with Gasteiger partial charge in [-0.15, -0.1) is 0 Å².